The molecule has 10 heteroatoms. The Hall–Kier alpha value is -3.07. The molecule has 1 saturated carbocycles. The van der Waals surface area contributed by atoms with E-state index in [0.29, 0.717) is 21.3 Å². The molecule has 4 rings (SSSR count). The number of aryl methyl sites for hydroxylation is 1. The van der Waals surface area contributed by atoms with Crippen molar-refractivity contribution in [3.8, 4) is 0 Å². The zero-order valence-corrected chi connectivity index (χ0v) is 24.8. The minimum Gasteiger partial charge on any atom is -0.352 e. The number of anilines is 1. The van der Waals surface area contributed by atoms with Crippen LogP contribution in [-0.2, 0) is 26.2 Å². The van der Waals surface area contributed by atoms with Crippen molar-refractivity contribution in [3.63, 3.8) is 0 Å². The fourth-order valence-corrected chi connectivity index (χ4v) is 6.50. The van der Waals surface area contributed by atoms with Crippen LogP contribution < -0.4 is 9.62 Å². The lowest BCUT2D eigenvalue weighted by molar-refractivity contribution is -0.139. The number of halogens is 2. The van der Waals surface area contributed by atoms with E-state index in [9.17, 15) is 18.0 Å². The van der Waals surface area contributed by atoms with Gasteiger partial charge in [-0.3, -0.25) is 13.9 Å². The maximum absolute atomic E-state index is 14.0. The number of nitrogens with zero attached hydrogens (tertiary/aromatic N) is 2. The molecule has 3 aromatic carbocycles. The van der Waals surface area contributed by atoms with E-state index >= 15 is 0 Å². The van der Waals surface area contributed by atoms with E-state index in [2.05, 4.69) is 5.32 Å². The zero-order chi connectivity index (χ0) is 28.9. The summed E-state index contributed by atoms with van der Waals surface area (Å²) in [5, 5.41) is 3.75. The summed E-state index contributed by atoms with van der Waals surface area (Å²) in [6, 6.07) is 19.2. The predicted octanol–water partition coefficient (Wildman–Crippen LogP) is 5.97. The predicted molar refractivity (Wildman–Crippen MR) is 159 cm³/mol. The Kier molecular flexibility index (Phi) is 9.77. The Morgan fingerprint density at radius 2 is 1.60 bits per heavy atom. The molecule has 0 radical (unpaired) electrons. The number of hydrogen-bond acceptors (Lipinski definition) is 4. The third kappa shape index (κ3) is 7.16. The van der Waals surface area contributed by atoms with Crippen LogP contribution in [0.1, 0.15) is 43.7 Å². The number of carbonyl (C=O) groups is 2. The molecule has 7 nitrogen and oxygen atoms in total. The second kappa shape index (κ2) is 13.1. The van der Waals surface area contributed by atoms with Gasteiger partial charge in [0.1, 0.15) is 12.6 Å². The fraction of sp³-hybridized carbons (Fsp3) is 0.333. The van der Waals surface area contributed by atoms with Crippen LogP contribution in [0.4, 0.5) is 5.69 Å². The van der Waals surface area contributed by atoms with Crippen LogP contribution in [0.5, 0.6) is 0 Å². The van der Waals surface area contributed by atoms with Crippen molar-refractivity contribution in [2.24, 2.45) is 0 Å². The average Bonchev–Trinajstić information content (AvgIpc) is 3.45. The Morgan fingerprint density at radius 3 is 2.23 bits per heavy atom. The molecule has 1 N–H and O–H groups in total. The highest BCUT2D eigenvalue weighted by atomic mass is 35.5. The van der Waals surface area contributed by atoms with Crippen molar-refractivity contribution in [2.45, 2.75) is 63.1 Å². The lowest BCUT2D eigenvalue weighted by Gasteiger charge is -2.32. The molecule has 212 valence electrons. The molecular formula is C30H33Cl2N3O4S. The summed E-state index contributed by atoms with van der Waals surface area (Å²) in [5.74, 6) is -0.812. The standard InChI is InChI=1S/C30H33Cl2N3O4S/c1-21-12-15-26(16-13-21)40(38,39)35(25-10-4-3-5-11-25)20-29(36)34(19-23-14-17-27(31)28(32)18-23)22(2)30(37)33-24-8-6-7-9-24/h3-5,10-18,22,24H,6-9,19-20H2,1-2H3,(H,33,37)/t22-/m0/s1. The molecule has 0 bridgehead atoms. The first-order valence-electron chi connectivity index (χ1n) is 13.2. The van der Waals surface area contributed by atoms with Gasteiger partial charge in [0, 0.05) is 12.6 Å². The van der Waals surface area contributed by atoms with Crippen LogP contribution in [-0.4, -0.2) is 43.8 Å². The minimum atomic E-state index is -4.10. The van der Waals surface area contributed by atoms with Crippen molar-refractivity contribution >= 4 is 50.7 Å². The Balaban J connectivity index is 1.67. The van der Waals surface area contributed by atoms with E-state index in [1.807, 2.05) is 6.92 Å². The van der Waals surface area contributed by atoms with Crippen LogP contribution in [0.15, 0.2) is 77.7 Å². The van der Waals surface area contributed by atoms with Gasteiger partial charge in [-0.2, -0.15) is 0 Å². The second-order valence-electron chi connectivity index (χ2n) is 10.1. The number of nitrogens with one attached hydrogen (secondary N) is 1. The molecule has 0 aliphatic heterocycles. The van der Waals surface area contributed by atoms with Gasteiger partial charge in [0.15, 0.2) is 0 Å². The summed E-state index contributed by atoms with van der Waals surface area (Å²) in [6.45, 7) is 3.07. The third-order valence-electron chi connectivity index (χ3n) is 7.14. The highest BCUT2D eigenvalue weighted by molar-refractivity contribution is 7.92. The molecule has 1 aliphatic carbocycles. The van der Waals surface area contributed by atoms with Crippen LogP contribution in [0.3, 0.4) is 0 Å². The Bertz CT molecular complexity index is 1440. The van der Waals surface area contributed by atoms with Crippen molar-refractivity contribution in [1.29, 1.82) is 0 Å². The van der Waals surface area contributed by atoms with Gasteiger partial charge in [0.05, 0.1) is 20.6 Å². The van der Waals surface area contributed by atoms with Gasteiger partial charge in [-0.05, 0) is 68.7 Å². The van der Waals surface area contributed by atoms with Gasteiger partial charge in [0.2, 0.25) is 11.8 Å². The summed E-state index contributed by atoms with van der Waals surface area (Å²) in [5.41, 5.74) is 1.92. The van der Waals surface area contributed by atoms with Crippen molar-refractivity contribution in [1.82, 2.24) is 10.2 Å². The summed E-state index contributed by atoms with van der Waals surface area (Å²) in [4.78, 5) is 28.7. The summed E-state index contributed by atoms with van der Waals surface area (Å²) >= 11 is 12.3. The summed E-state index contributed by atoms with van der Waals surface area (Å²) in [7, 11) is -4.10. The number of sulfonamides is 1. The lowest BCUT2D eigenvalue weighted by Crippen LogP contribution is -2.52. The van der Waals surface area contributed by atoms with Crippen LogP contribution in [0.2, 0.25) is 10.0 Å². The molecular weight excluding hydrogens is 569 g/mol. The van der Waals surface area contributed by atoms with Crippen molar-refractivity contribution in [3.05, 3.63) is 94.0 Å². The van der Waals surface area contributed by atoms with Gasteiger partial charge in [-0.25, -0.2) is 8.42 Å². The largest absolute Gasteiger partial charge is 0.352 e. The maximum atomic E-state index is 14.0. The van der Waals surface area contributed by atoms with Crippen LogP contribution in [0, 0.1) is 6.92 Å². The molecule has 1 aliphatic rings. The van der Waals surface area contributed by atoms with Crippen molar-refractivity contribution in [2.75, 3.05) is 10.8 Å². The first-order chi connectivity index (χ1) is 19.1. The quantitative estimate of drug-likeness (QED) is 0.310. The molecule has 1 fully saturated rings. The fourth-order valence-electron chi connectivity index (χ4n) is 4.77. The summed E-state index contributed by atoms with van der Waals surface area (Å²) < 4.78 is 28.7. The zero-order valence-electron chi connectivity index (χ0n) is 22.5. The maximum Gasteiger partial charge on any atom is 0.264 e. The van der Waals surface area contributed by atoms with E-state index in [1.165, 1.54) is 17.0 Å². The molecule has 1 atom stereocenters. The number of carbonyl (C=O) groups excluding carboxylic acids is 2. The minimum absolute atomic E-state index is 0.0438. The van der Waals surface area contributed by atoms with Crippen LogP contribution in [0.25, 0.3) is 0 Å². The van der Waals surface area contributed by atoms with E-state index in [1.54, 1.807) is 67.6 Å². The normalized spacial score (nSPS) is 14.5. The Morgan fingerprint density at radius 1 is 0.950 bits per heavy atom. The smallest absolute Gasteiger partial charge is 0.264 e. The highest BCUT2D eigenvalue weighted by Gasteiger charge is 2.33. The van der Waals surface area contributed by atoms with E-state index in [0.717, 1.165) is 35.6 Å². The molecule has 40 heavy (non-hydrogen) atoms. The summed E-state index contributed by atoms with van der Waals surface area (Å²) in [6.07, 6.45) is 3.90. The number of rotatable bonds is 10. The van der Waals surface area contributed by atoms with Gasteiger partial charge in [-0.15, -0.1) is 0 Å². The molecule has 0 saturated heterocycles. The number of amides is 2. The molecule has 0 heterocycles. The van der Waals surface area contributed by atoms with Gasteiger partial charge in [0.25, 0.3) is 10.0 Å². The topological polar surface area (TPSA) is 86.8 Å². The van der Waals surface area contributed by atoms with Crippen molar-refractivity contribution < 1.29 is 18.0 Å². The van der Waals surface area contributed by atoms with Gasteiger partial charge >= 0.3 is 0 Å². The first kappa shape index (κ1) is 29.9. The number of benzene rings is 3. The molecule has 0 aromatic heterocycles. The molecule has 2 amide bonds. The monoisotopic (exact) mass is 601 g/mol. The molecule has 0 unspecified atom stereocenters. The van der Waals surface area contributed by atoms with E-state index in [4.69, 9.17) is 23.2 Å². The van der Waals surface area contributed by atoms with E-state index in [-0.39, 0.29) is 23.4 Å². The average molecular weight is 603 g/mol. The number of hydrogen-bond donors (Lipinski definition) is 1. The van der Waals surface area contributed by atoms with E-state index < -0.39 is 28.5 Å². The molecule has 0 spiro atoms. The first-order valence-corrected chi connectivity index (χ1v) is 15.4. The SMILES string of the molecule is Cc1ccc(S(=O)(=O)N(CC(=O)N(Cc2ccc(Cl)c(Cl)c2)[C@@H](C)C(=O)NC2CCCC2)c2ccccc2)cc1. The second-order valence-corrected chi connectivity index (χ2v) is 12.8. The van der Waals surface area contributed by atoms with Gasteiger partial charge in [-0.1, -0.05) is 78.0 Å². The van der Waals surface area contributed by atoms with Crippen LogP contribution >= 0.6 is 23.2 Å². The number of para-hydroxylation sites is 1. The molecule has 3 aromatic rings. The highest BCUT2D eigenvalue weighted by Crippen LogP contribution is 2.27. The van der Waals surface area contributed by atoms with Gasteiger partial charge < -0.3 is 10.2 Å². The third-order valence-corrected chi connectivity index (χ3v) is 9.66. The Labute approximate surface area is 246 Å². The lowest BCUT2D eigenvalue weighted by atomic mass is 10.1.